The summed E-state index contributed by atoms with van der Waals surface area (Å²) < 4.78 is 36.3. The van der Waals surface area contributed by atoms with Crippen molar-refractivity contribution in [2.24, 2.45) is 0 Å². The van der Waals surface area contributed by atoms with Gasteiger partial charge in [-0.2, -0.15) is 13.2 Å². The molecule has 0 aliphatic heterocycles. The Labute approximate surface area is 154 Å². The normalized spacial score (nSPS) is 10.8. The van der Waals surface area contributed by atoms with Gasteiger partial charge in [0.15, 0.2) is 0 Å². The predicted molar refractivity (Wildman–Crippen MR) is 95.5 cm³/mol. The minimum absolute atomic E-state index is 0.114. The maximum absolute atomic E-state index is 12.1. The third kappa shape index (κ3) is 5.60. The number of hydrogen-bond acceptors (Lipinski definition) is 3. The molecule has 2 aromatic carbocycles. The van der Waals surface area contributed by atoms with Gasteiger partial charge in [-0.1, -0.05) is 36.9 Å². The van der Waals surface area contributed by atoms with Gasteiger partial charge in [0, 0.05) is 23.5 Å². The average molecular weight is 377 g/mol. The fourth-order valence-electron chi connectivity index (χ4n) is 2.26. The number of benzene rings is 2. The van der Waals surface area contributed by atoms with E-state index < -0.39 is 18.0 Å². The molecular formula is C19H18F3N3O2. The van der Waals surface area contributed by atoms with Crippen LogP contribution in [0, 0.1) is 0 Å². The third-order valence-corrected chi connectivity index (χ3v) is 3.63. The number of hydrogen-bond donors (Lipinski definition) is 2. The second-order valence-electron chi connectivity index (χ2n) is 5.76. The van der Waals surface area contributed by atoms with Gasteiger partial charge in [0.2, 0.25) is 0 Å². The summed E-state index contributed by atoms with van der Waals surface area (Å²) in [7, 11) is 0. The Morgan fingerprint density at radius 1 is 1.00 bits per heavy atom. The maximum Gasteiger partial charge on any atom is 0.472 e. The van der Waals surface area contributed by atoms with Gasteiger partial charge in [-0.05, 0) is 36.8 Å². The monoisotopic (exact) mass is 377 g/mol. The lowest BCUT2D eigenvalue weighted by Crippen LogP contribution is -2.47. The van der Waals surface area contributed by atoms with Crippen LogP contribution in [0.15, 0.2) is 66.9 Å². The number of nitrogens with one attached hydrogen (secondary N) is 2. The highest BCUT2D eigenvalue weighted by molar-refractivity contribution is 5.95. The molecule has 0 aromatic heterocycles. The van der Waals surface area contributed by atoms with Crippen LogP contribution in [0.5, 0.6) is 0 Å². The van der Waals surface area contributed by atoms with Crippen molar-refractivity contribution in [2.45, 2.75) is 19.6 Å². The van der Waals surface area contributed by atoms with E-state index in [9.17, 15) is 22.8 Å². The molecule has 0 saturated heterocycles. The Balaban J connectivity index is 2.03. The van der Waals surface area contributed by atoms with Crippen LogP contribution in [-0.4, -0.2) is 18.0 Å². The first-order valence-electron chi connectivity index (χ1n) is 7.93. The topological polar surface area (TPSA) is 61.4 Å². The minimum Gasteiger partial charge on any atom is -0.342 e. The molecule has 0 saturated carbocycles. The van der Waals surface area contributed by atoms with Crippen molar-refractivity contribution >= 4 is 17.5 Å². The van der Waals surface area contributed by atoms with E-state index in [1.165, 1.54) is 17.6 Å². The number of halogens is 3. The first-order chi connectivity index (χ1) is 12.7. The number of rotatable bonds is 5. The fourth-order valence-corrected chi connectivity index (χ4v) is 2.26. The molecule has 2 aromatic rings. The van der Waals surface area contributed by atoms with Gasteiger partial charge < -0.3 is 4.90 Å². The van der Waals surface area contributed by atoms with Crippen molar-refractivity contribution in [2.75, 3.05) is 4.90 Å². The van der Waals surface area contributed by atoms with Crippen LogP contribution in [0.1, 0.15) is 22.8 Å². The predicted octanol–water partition coefficient (Wildman–Crippen LogP) is 3.55. The number of hydrazine groups is 1. The van der Waals surface area contributed by atoms with Gasteiger partial charge in [-0.25, -0.2) is 0 Å². The quantitative estimate of drug-likeness (QED) is 0.784. The molecule has 0 unspecified atom stereocenters. The first kappa shape index (κ1) is 20.0. The summed E-state index contributed by atoms with van der Waals surface area (Å²) in [6, 6.07) is 15.9. The summed E-state index contributed by atoms with van der Waals surface area (Å²) in [6.07, 6.45) is -5.07. The number of carbonyl (C=O) groups excluding carboxylic acids is 2. The zero-order chi connectivity index (χ0) is 20.0. The van der Waals surface area contributed by atoms with Gasteiger partial charge in [-0.15, -0.1) is 0 Å². The molecule has 0 heterocycles. The lowest BCUT2D eigenvalue weighted by Gasteiger charge is -2.25. The zero-order valence-electron chi connectivity index (χ0n) is 14.5. The largest absolute Gasteiger partial charge is 0.472 e. The van der Waals surface area contributed by atoms with Crippen molar-refractivity contribution in [1.82, 2.24) is 10.9 Å². The molecule has 142 valence electrons. The summed E-state index contributed by atoms with van der Waals surface area (Å²) in [5, 5.41) is 0. The molecule has 0 bridgehead atoms. The number of allylic oxidation sites excluding steroid dienone is 1. The Hall–Kier alpha value is -3.29. The van der Waals surface area contributed by atoms with Crippen molar-refractivity contribution in [3.8, 4) is 0 Å². The second-order valence-corrected chi connectivity index (χ2v) is 5.76. The van der Waals surface area contributed by atoms with Gasteiger partial charge in [0.25, 0.3) is 5.91 Å². The van der Waals surface area contributed by atoms with Crippen LogP contribution in [-0.2, 0) is 11.3 Å². The number of alkyl halides is 3. The van der Waals surface area contributed by atoms with Gasteiger partial charge in [0.1, 0.15) is 0 Å². The van der Waals surface area contributed by atoms with E-state index in [1.807, 2.05) is 42.2 Å². The molecule has 2 rings (SSSR count). The van der Waals surface area contributed by atoms with E-state index in [2.05, 4.69) is 6.58 Å². The molecule has 5 nitrogen and oxygen atoms in total. The van der Waals surface area contributed by atoms with E-state index in [0.29, 0.717) is 6.54 Å². The fraction of sp³-hybridized carbons (Fsp3) is 0.158. The van der Waals surface area contributed by atoms with E-state index >= 15 is 0 Å². The van der Waals surface area contributed by atoms with Crippen LogP contribution in [0.3, 0.4) is 0 Å². The summed E-state index contributed by atoms with van der Waals surface area (Å²) >= 11 is 0. The number of amides is 2. The summed E-state index contributed by atoms with van der Waals surface area (Å²) in [6.45, 7) is 6.34. The zero-order valence-corrected chi connectivity index (χ0v) is 14.5. The molecule has 0 aliphatic rings. The molecule has 0 aliphatic carbocycles. The summed E-state index contributed by atoms with van der Waals surface area (Å²) in [5.74, 6) is -3.09. The van der Waals surface area contributed by atoms with Crippen LogP contribution in [0.25, 0.3) is 0 Å². The van der Waals surface area contributed by atoms with Crippen molar-refractivity contribution in [1.29, 1.82) is 0 Å². The van der Waals surface area contributed by atoms with Gasteiger partial charge >= 0.3 is 12.1 Å². The van der Waals surface area contributed by atoms with Crippen molar-refractivity contribution in [3.05, 3.63) is 78.0 Å². The molecular weight excluding hydrogens is 359 g/mol. The van der Waals surface area contributed by atoms with Crippen LogP contribution in [0.4, 0.5) is 18.9 Å². The van der Waals surface area contributed by atoms with E-state index in [4.69, 9.17) is 0 Å². The Bertz CT molecular complexity index is 818. The SMILES string of the molecule is C=C(C)N(Cc1ccc(C(=O)NNC(=O)C(F)(F)F)cc1)c1ccccc1. The Kier molecular flexibility index (Phi) is 6.23. The van der Waals surface area contributed by atoms with Crippen LogP contribution >= 0.6 is 0 Å². The van der Waals surface area contributed by atoms with Gasteiger partial charge in [0.05, 0.1) is 0 Å². The molecule has 8 heteroatoms. The minimum atomic E-state index is -5.07. The highest BCUT2D eigenvalue weighted by Gasteiger charge is 2.38. The number of nitrogens with zero attached hydrogens (tertiary/aromatic N) is 1. The summed E-state index contributed by atoms with van der Waals surface area (Å²) in [4.78, 5) is 24.5. The molecule has 0 atom stereocenters. The second kappa shape index (κ2) is 8.39. The smallest absolute Gasteiger partial charge is 0.342 e. The maximum atomic E-state index is 12.1. The molecule has 2 N–H and O–H groups in total. The molecule has 27 heavy (non-hydrogen) atoms. The summed E-state index contributed by atoms with van der Waals surface area (Å²) in [5.41, 5.74) is 5.83. The van der Waals surface area contributed by atoms with Crippen LogP contribution < -0.4 is 15.8 Å². The average Bonchev–Trinajstić information content (AvgIpc) is 2.64. The van der Waals surface area contributed by atoms with E-state index in [0.717, 1.165) is 16.9 Å². The lowest BCUT2D eigenvalue weighted by atomic mass is 10.1. The highest BCUT2D eigenvalue weighted by atomic mass is 19.4. The van der Waals surface area contributed by atoms with E-state index in [-0.39, 0.29) is 5.56 Å². The molecule has 2 amide bonds. The van der Waals surface area contributed by atoms with Gasteiger partial charge in [-0.3, -0.25) is 20.4 Å². The third-order valence-electron chi connectivity index (χ3n) is 3.63. The first-order valence-corrected chi connectivity index (χ1v) is 7.93. The van der Waals surface area contributed by atoms with E-state index in [1.54, 1.807) is 17.6 Å². The highest BCUT2D eigenvalue weighted by Crippen LogP contribution is 2.21. The standard InChI is InChI=1S/C19H18F3N3O2/c1-13(2)25(16-6-4-3-5-7-16)12-14-8-10-15(11-9-14)17(26)23-24-18(27)19(20,21)22/h3-11H,1,12H2,2H3,(H,23,26)(H,24,27). The van der Waals surface area contributed by atoms with Crippen LogP contribution in [0.2, 0.25) is 0 Å². The molecule has 0 fully saturated rings. The number of carbonyl (C=O) groups is 2. The molecule has 0 spiro atoms. The Morgan fingerprint density at radius 3 is 2.11 bits per heavy atom. The Morgan fingerprint density at radius 2 is 1.59 bits per heavy atom. The number of para-hydroxylation sites is 1. The number of anilines is 1. The van der Waals surface area contributed by atoms with Crippen molar-refractivity contribution in [3.63, 3.8) is 0 Å². The lowest BCUT2D eigenvalue weighted by molar-refractivity contribution is -0.174. The molecule has 0 radical (unpaired) electrons. The van der Waals surface area contributed by atoms with Crippen molar-refractivity contribution < 1.29 is 22.8 Å².